The van der Waals surface area contributed by atoms with Crippen LogP contribution in [0.3, 0.4) is 0 Å². The molecule has 0 aliphatic carbocycles. The summed E-state index contributed by atoms with van der Waals surface area (Å²) in [5.74, 6) is -0.00655. The van der Waals surface area contributed by atoms with Gasteiger partial charge < -0.3 is 15.7 Å². The van der Waals surface area contributed by atoms with Crippen molar-refractivity contribution in [1.82, 2.24) is 15.4 Å². The largest absolute Gasteiger partial charge is 0.328 e. The highest BCUT2D eigenvalue weighted by molar-refractivity contribution is 5.79. The van der Waals surface area contributed by atoms with Gasteiger partial charge in [0.25, 0.3) is 0 Å². The van der Waals surface area contributed by atoms with Gasteiger partial charge in [-0.05, 0) is 84.3 Å². The Balaban J connectivity index is 0.000000335. The minimum absolute atomic E-state index is 0.00655. The lowest BCUT2D eigenvalue weighted by Gasteiger charge is -2.37. The molecule has 0 radical (unpaired) electrons. The molecule has 0 aromatic rings. The van der Waals surface area contributed by atoms with E-state index in [9.17, 15) is 15.2 Å². The van der Waals surface area contributed by atoms with Crippen LogP contribution in [-0.4, -0.2) is 48.6 Å². The van der Waals surface area contributed by atoms with E-state index in [0.29, 0.717) is 6.42 Å². The highest BCUT2D eigenvalue weighted by atomic mass is 16.5. The second-order valence-corrected chi connectivity index (χ2v) is 14.3. The van der Waals surface area contributed by atoms with E-state index in [1.165, 1.54) is 15.7 Å². The lowest BCUT2D eigenvalue weighted by molar-refractivity contribution is -0.186. The lowest BCUT2D eigenvalue weighted by atomic mass is 9.81. The highest BCUT2D eigenvalue weighted by Gasteiger charge is 2.46. The standard InChI is InChI=1S/C14H26N2O2.C13H25NO/c1-12(2,3)9-11(17)15-10-8-13(4,5)16(18)14(10,6)7;1-11(2,3)8-10-9-12(4,5)14(15)13(10,6)7/h8,18H,9H2,1-7H3,(H,15,17);9,15H,8H2,1-7H3. The normalized spacial score (nSPS) is 24.0. The highest BCUT2D eigenvalue weighted by Crippen LogP contribution is 2.43. The van der Waals surface area contributed by atoms with Gasteiger partial charge in [-0.15, -0.1) is 0 Å². The molecule has 2 heterocycles. The fourth-order valence-electron chi connectivity index (χ4n) is 4.65. The van der Waals surface area contributed by atoms with Crippen molar-refractivity contribution < 1.29 is 15.2 Å². The van der Waals surface area contributed by atoms with E-state index in [1.807, 2.05) is 68.4 Å². The van der Waals surface area contributed by atoms with Crippen LogP contribution in [0.5, 0.6) is 0 Å². The zero-order chi connectivity index (χ0) is 26.4. The van der Waals surface area contributed by atoms with Crippen molar-refractivity contribution in [1.29, 1.82) is 0 Å². The van der Waals surface area contributed by atoms with Crippen LogP contribution < -0.4 is 5.32 Å². The van der Waals surface area contributed by atoms with Gasteiger partial charge >= 0.3 is 0 Å². The Morgan fingerprint density at radius 3 is 1.52 bits per heavy atom. The Morgan fingerprint density at radius 2 is 1.21 bits per heavy atom. The van der Waals surface area contributed by atoms with Crippen molar-refractivity contribution >= 4 is 5.91 Å². The summed E-state index contributed by atoms with van der Waals surface area (Å²) < 4.78 is 0. The number of nitrogens with one attached hydrogen (secondary N) is 1. The van der Waals surface area contributed by atoms with Crippen LogP contribution in [-0.2, 0) is 4.79 Å². The molecule has 0 atom stereocenters. The number of carbonyl (C=O) groups excluding carboxylic acids is 1. The van der Waals surface area contributed by atoms with Gasteiger partial charge in [0.05, 0.1) is 22.2 Å². The Morgan fingerprint density at radius 1 is 0.788 bits per heavy atom. The SMILES string of the molecule is CC(C)(C)CC(=O)NC1=CC(C)(C)N(O)C1(C)C.CC(C)(C)CC1=CC(C)(C)N(O)C1(C)C. The maximum Gasteiger partial charge on any atom is 0.224 e. The van der Waals surface area contributed by atoms with Gasteiger partial charge in [0.15, 0.2) is 0 Å². The number of rotatable bonds is 3. The molecule has 33 heavy (non-hydrogen) atoms. The zero-order valence-electron chi connectivity index (χ0n) is 23.8. The van der Waals surface area contributed by atoms with Crippen LogP contribution in [0.1, 0.15) is 110 Å². The quantitative estimate of drug-likeness (QED) is 0.427. The molecule has 2 aliphatic rings. The molecule has 3 N–H and O–H groups in total. The number of hydroxylamine groups is 4. The summed E-state index contributed by atoms with van der Waals surface area (Å²) in [4.78, 5) is 12.0. The first-order valence-electron chi connectivity index (χ1n) is 12.1. The predicted octanol–water partition coefficient (Wildman–Crippen LogP) is 6.30. The van der Waals surface area contributed by atoms with Gasteiger partial charge in [0.1, 0.15) is 0 Å². The molecular weight excluding hydrogens is 414 g/mol. The van der Waals surface area contributed by atoms with Crippen LogP contribution >= 0.6 is 0 Å². The molecule has 0 fully saturated rings. The summed E-state index contributed by atoms with van der Waals surface area (Å²) in [6.07, 6.45) is 5.61. The van der Waals surface area contributed by atoms with Crippen molar-refractivity contribution in [2.75, 3.05) is 0 Å². The van der Waals surface area contributed by atoms with Crippen LogP contribution in [0.2, 0.25) is 0 Å². The van der Waals surface area contributed by atoms with E-state index in [1.54, 1.807) is 0 Å². The van der Waals surface area contributed by atoms with Crippen molar-refractivity contribution in [3.05, 3.63) is 23.4 Å². The molecule has 0 aromatic heterocycles. The second-order valence-electron chi connectivity index (χ2n) is 14.3. The monoisotopic (exact) mass is 465 g/mol. The molecular formula is C27H51N3O3. The van der Waals surface area contributed by atoms with E-state index in [0.717, 1.165) is 12.1 Å². The average molecular weight is 466 g/mol. The summed E-state index contributed by atoms with van der Waals surface area (Å²) >= 11 is 0. The third-order valence-electron chi connectivity index (χ3n) is 6.31. The maximum absolute atomic E-state index is 12.0. The minimum atomic E-state index is -0.572. The lowest BCUT2D eigenvalue weighted by Crippen LogP contribution is -2.50. The molecule has 192 valence electrons. The maximum atomic E-state index is 12.0. The van der Waals surface area contributed by atoms with Crippen LogP contribution in [0.4, 0.5) is 0 Å². The Bertz CT molecular complexity index is 790. The molecule has 0 aromatic carbocycles. The first-order chi connectivity index (χ1) is 14.3. The van der Waals surface area contributed by atoms with E-state index in [4.69, 9.17) is 0 Å². The molecule has 0 saturated heterocycles. The second kappa shape index (κ2) is 9.10. The van der Waals surface area contributed by atoms with Crippen LogP contribution in [0.15, 0.2) is 23.4 Å². The minimum Gasteiger partial charge on any atom is -0.328 e. The molecule has 6 heteroatoms. The van der Waals surface area contributed by atoms with Crippen LogP contribution in [0.25, 0.3) is 0 Å². The van der Waals surface area contributed by atoms with E-state index < -0.39 is 11.1 Å². The molecule has 0 unspecified atom stereocenters. The van der Waals surface area contributed by atoms with Crippen molar-refractivity contribution in [2.24, 2.45) is 10.8 Å². The van der Waals surface area contributed by atoms with Crippen molar-refractivity contribution in [3.63, 3.8) is 0 Å². The van der Waals surface area contributed by atoms with Gasteiger partial charge in [0.2, 0.25) is 5.91 Å². The Labute approximate surface area is 203 Å². The summed E-state index contributed by atoms with van der Waals surface area (Å²) in [6, 6.07) is 0. The summed E-state index contributed by atoms with van der Waals surface area (Å²) in [6.45, 7) is 28.7. The molecule has 6 nitrogen and oxygen atoms in total. The smallest absolute Gasteiger partial charge is 0.224 e. The molecule has 0 bridgehead atoms. The number of hydrogen-bond donors (Lipinski definition) is 3. The molecule has 1 amide bonds. The van der Waals surface area contributed by atoms with Gasteiger partial charge in [-0.1, -0.05) is 47.6 Å². The average Bonchev–Trinajstić information content (AvgIpc) is 2.79. The van der Waals surface area contributed by atoms with E-state index in [-0.39, 0.29) is 27.8 Å². The van der Waals surface area contributed by atoms with Crippen molar-refractivity contribution in [2.45, 2.75) is 132 Å². The molecule has 2 aliphatic heterocycles. The first kappa shape index (κ1) is 29.8. The third kappa shape index (κ3) is 7.38. The Hall–Kier alpha value is -1.21. The molecule has 0 spiro atoms. The predicted molar refractivity (Wildman–Crippen MR) is 136 cm³/mol. The number of carbonyl (C=O) groups is 1. The molecule has 2 rings (SSSR count). The third-order valence-corrected chi connectivity index (χ3v) is 6.31. The summed E-state index contributed by atoms with van der Waals surface area (Å²) in [5, 5.41) is 26.0. The zero-order valence-corrected chi connectivity index (χ0v) is 23.8. The number of amides is 1. The fourth-order valence-corrected chi connectivity index (χ4v) is 4.65. The van der Waals surface area contributed by atoms with Gasteiger partial charge in [-0.25, -0.2) is 0 Å². The van der Waals surface area contributed by atoms with Crippen molar-refractivity contribution in [3.8, 4) is 0 Å². The topological polar surface area (TPSA) is 76.0 Å². The molecule has 0 saturated carbocycles. The summed E-state index contributed by atoms with van der Waals surface area (Å²) in [7, 11) is 0. The van der Waals surface area contributed by atoms with Crippen LogP contribution in [0, 0.1) is 10.8 Å². The first-order valence-corrected chi connectivity index (χ1v) is 12.1. The summed E-state index contributed by atoms with van der Waals surface area (Å²) in [5.41, 5.74) is 0.810. The van der Waals surface area contributed by atoms with Gasteiger partial charge in [0, 0.05) is 12.1 Å². The van der Waals surface area contributed by atoms with Gasteiger partial charge in [-0.2, -0.15) is 10.1 Å². The van der Waals surface area contributed by atoms with E-state index in [2.05, 4.69) is 46.0 Å². The van der Waals surface area contributed by atoms with Gasteiger partial charge in [-0.3, -0.25) is 4.79 Å². The number of nitrogens with zero attached hydrogens (tertiary/aromatic N) is 2. The van der Waals surface area contributed by atoms with E-state index >= 15 is 0 Å². The number of hydrogen-bond acceptors (Lipinski definition) is 5. The Kier molecular flexibility index (Phi) is 8.23. The fraction of sp³-hybridized carbons (Fsp3) is 0.815.